The molecule has 0 aromatic heterocycles. The SMILES string of the molecule is C/C=C\C(=C/C)C1=C2c3ccccc3SC2N=C(c2ccc(Cl)cc2)N1. The number of aliphatic imine (C=N–C) groups is 1. The highest BCUT2D eigenvalue weighted by Crippen LogP contribution is 2.48. The Kier molecular flexibility index (Phi) is 4.75. The lowest BCUT2D eigenvalue weighted by Gasteiger charge is -2.25. The molecule has 26 heavy (non-hydrogen) atoms. The van der Waals surface area contributed by atoms with E-state index in [1.54, 1.807) is 0 Å². The van der Waals surface area contributed by atoms with Gasteiger partial charge in [0, 0.05) is 21.1 Å². The highest BCUT2D eigenvalue weighted by Gasteiger charge is 2.34. The van der Waals surface area contributed by atoms with Crippen LogP contribution in [0.3, 0.4) is 0 Å². The van der Waals surface area contributed by atoms with Crippen LogP contribution in [0.1, 0.15) is 25.0 Å². The van der Waals surface area contributed by atoms with Gasteiger partial charge in [0.1, 0.15) is 11.2 Å². The number of hydrogen-bond donors (Lipinski definition) is 1. The van der Waals surface area contributed by atoms with Gasteiger partial charge in [0.15, 0.2) is 0 Å². The summed E-state index contributed by atoms with van der Waals surface area (Å²) >= 11 is 7.86. The fraction of sp³-hybridized carbons (Fsp3) is 0.136. The summed E-state index contributed by atoms with van der Waals surface area (Å²) in [6.45, 7) is 4.11. The van der Waals surface area contributed by atoms with E-state index < -0.39 is 0 Å². The molecule has 2 aromatic rings. The summed E-state index contributed by atoms with van der Waals surface area (Å²) in [7, 11) is 0. The normalized spacial score (nSPS) is 19.3. The van der Waals surface area contributed by atoms with Gasteiger partial charge in [-0.15, -0.1) is 0 Å². The van der Waals surface area contributed by atoms with Crippen molar-refractivity contribution in [3.8, 4) is 0 Å². The molecule has 1 N–H and O–H groups in total. The van der Waals surface area contributed by atoms with E-state index in [0.29, 0.717) is 0 Å². The third kappa shape index (κ3) is 3.02. The van der Waals surface area contributed by atoms with Gasteiger partial charge in [-0.3, -0.25) is 0 Å². The molecule has 2 aromatic carbocycles. The maximum Gasteiger partial charge on any atom is 0.134 e. The number of amidine groups is 1. The quantitative estimate of drug-likeness (QED) is 0.657. The number of halogens is 1. The number of rotatable bonds is 3. The van der Waals surface area contributed by atoms with Crippen molar-refractivity contribution in [1.29, 1.82) is 0 Å². The van der Waals surface area contributed by atoms with Crippen LogP contribution in [0.25, 0.3) is 5.57 Å². The Labute approximate surface area is 163 Å². The Morgan fingerprint density at radius 2 is 1.88 bits per heavy atom. The van der Waals surface area contributed by atoms with E-state index in [1.165, 1.54) is 21.6 Å². The van der Waals surface area contributed by atoms with Crippen LogP contribution in [0.2, 0.25) is 5.02 Å². The molecule has 0 fully saturated rings. The summed E-state index contributed by atoms with van der Waals surface area (Å²) in [5.41, 5.74) is 5.87. The molecule has 0 saturated heterocycles. The van der Waals surface area contributed by atoms with E-state index >= 15 is 0 Å². The van der Waals surface area contributed by atoms with Crippen molar-refractivity contribution >= 4 is 34.8 Å². The molecule has 0 spiro atoms. The zero-order valence-electron chi connectivity index (χ0n) is 14.7. The summed E-state index contributed by atoms with van der Waals surface area (Å²) in [6.07, 6.45) is 6.35. The van der Waals surface area contributed by atoms with E-state index in [1.807, 2.05) is 43.0 Å². The molecule has 2 aliphatic heterocycles. The standard InChI is InChI=1S/C22H19ClN2S/c1-3-7-14(4-2)20-19-17-8-5-6-9-18(17)26-22(19)25-21(24-20)15-10-12-16(23)13-11-15/h3-13,22H,1-2H3,(H,24,25)/b7-3-,14-4+. The van der Waals surface area contributed by atoms with Crippen LogP contribution in [0.4, 0.5) is 0 Å². The van der Waals surface area contributed by atoms with Gasteiger partial charge in [-0.1, -0.05) is 59.8 Å². The minimum atomic E-state index is 0.0644. The summed E-state index contributed by atoms with van der Waals surface area (Å²) < 4.78 is 0. The number of allylic oxidation sites excluding steroid dienone is 3. The van der Waals surface area contributed by atoms with Crippen molar-refractivity contribution in [3.63, 3.8) is 0 Å². The summed E-state index contributed by atoms with van der Waals surface area (Å²) in [4.78, 5) is 6.28. The molecule has 4 heteroatoms. The molecule has 130 valence electrons. The second-order valence-corrected chi connectivity index (χ2v) is 7.67. The molecule has 0 saturated carbocycles. The van der Waals surface area contributed by atoms with Gasteiger partial charge in [0.05, 0.1) is 5.70 Å². The Balaban J connectivity index is 1.85. The Hall–Kier alpha value is -2.23. The van der Waals surface area contributed by atoms with Gasteiger partial charge in [0.2, 0.25) is 0 Å². The van der Waals surface area contributed by atoms with Crippen molar-refractivity contribution in [2.45, 2.75) is 24.1 Å². The molecule has 1 unspecified atom stereocenters. The van der Waals surface area contributed by atoms with E-state index in [2.05, 4.69) is 54.7 Å². The topological polar surface area (TPSA) is 24.4 Å². The lowest BCUT2D eigenvalue weighted by Crippen LogP contribution is -2.31. The third-order valence-electron chi connectivity index (χ3n) is 4.49. The highest BCUT2D eigenvalue weighted by atomic mass is 35.5. The Morgan fingerprint density at radius 1 is 1.12 bits per heavy atom. The first kappa shape index (κ1) is 17.2. The smallest absolute Gasteiger partial charge is 0.134 e. The second kappa shape index (κ2) is 7.18. The summed E-state index contributed by atoms with van der Waals surface area (Å²) in [5, 5.41) is 4.38. The first-order chi connectivity index (χ1) is 12.7. The first-order valence-corrected chi connectivity index (χ1v) is 9.87. The summed E-state index contributed by atoms with van der Waals surface area (Å²) in [5.74, 6) is 0.884. The van der Waals surface area contributed by atoms with Crippen molar-refractivity contribution < 1.29 is 0 Å². The maximum absolute atomic E-state index is 6.05. The zero-order valence-corrected chi connectivity index (χ0v) is 16.2. The predicted molar refractivity (Wildman–Crippen MR) is 113 cm³/mol. The minimum absolute atomic E-state index is 0.0644. The monoisotopic (exact) mass is 378 g/mol. The molecule has 2 aliphatic rings. The van der Waals surface area contributed by atoms with Crippen LogP contribution in [-0.4, -0.2) is 11.2 Å². The van der Waals surface area contributed by atoms with Crippen LogP contribution in [0.15, 0.2) is 87.9 Å². The first-order valence-electron chi connectivity index (χ1n) is 8.61. The Bertz CT molecular complexity index is 968. The number of nitrogens with one attached hydrogen (secondary N) is 1. The van der Waals surface area contributed by atoms with Gasteiger partial charge < -0.3 is 5.32 Å². The molecule has 0 amide bonds. The van der Waals surface area contributed by atoms with Crippen LogP contribution in [0, 0.1) is 0 Å². The zero-order chi connectivity index (χ0) is 18.1. The second-order valence-electron chi connectivity index (χ2n) is 6.11. The average molecular weight is 379 g/mol. The predicted octanol–water partition coefficient (Wildman–Crippen LogP) is 6.06. The van der Waals surface area contributed by atoms with Crippen molar-refractivity contribution in [2.24, 2.45) is 4.99 Å². The number of benzene rings is 2. The van der Waals surface area contributed by atoms with Gasteiger partial charge in [-0.25, -0.2) is 4.99 Å². The van der Waals surface area contributed by atoms with Crippen LogP contribution >= 0.6 is 23.4 Å². The van der Waals surface area contributed by atoms with Crippen molar-refractivity contribution in [3.05, 3.63) is 94.2 Å². The lowest BCUT2D eigenvalue weighted by atomic mass is 9.97. The molecule has 2 heterocycles. The minimum Gasteiger partial charge on any atom is -0.339 e. The van der Waals surface area contributed by atoms with Crippen LogP contribution < -0.4 is 5.32 Å². The largest absolute Gasteiger partial charge is 0.339 e. The third-order valence-corrected chi connectivity index (χ3v) is 5.91. The molecule has 0 radical (unpaired) electrons. The van der Waals surface area contributed by atoms with Crippen molar-refractivity contribution in [2.75, 3.05) is 0 Å². The number of nitrogens with zero attached hydrogens (tertiary/aromatic N) is 1. The lowest BCUT2D eigenvalue weighted by molar-refractivity contribution is 1.02. The van der Waals surface area contributed by atoms with E-state index in [9.17, 15) is 0 Å². The number of hydrogen-bond acceptors (Lipinski definition) is 3. The van der Waals surface area contributed by atoms with Crippen molar-refractivity contribution in [1.82, 2.24) is 5.32 Å². The van der Waals surface area contributed by atoms with E-state index in [0.717, 1.165) is 22.1 Å². The Morgan fingerprint density at radius 3 is 2.62 bits per heavy atom. The molecular formula is C22H19ClN2S. The van der Waals surface area contributed by atoms with Gasteiger partial charge in [0.25, 0.3) is 0 Å². The maximum atomic E-state index is 6.05. The van der Waals surface area contributed by atoms with Gasteiger partial charge in [-0.05, 0) is 55.3 Å². The van der Waals surface area contributed by atoms with Gasteiger partial charge in [-0.2, -0.15) is 0 Å². The van der Waals surface area contributed by atoms with Crippen LogP contribution in [0.5, 0.6) is 0 Å². The number of fused-ring (bicyclic) bond motifs is 3. The van der Waals surface area contributed by atoms with Gasteiger partial charge >= 0.3 is 0 Å². The molecular weight excluding hydrogens is 360 g/mol. The van der Waals surface area contributed by atoms with Crippen LogP contribution in [-0.2, 0) is 0 Å². The molecule has 1 atom stereocenters. The molecule has 0 aliphatic carbocycles. The molecule has 0 bridgehead atoms. The van der Waals surface area contributed by atoms with E-state index in [-0.39, 0.29) is 5.37 Å². The fourth-order valence-electron chi connectivity index (χ4n) is 3.27. The fourth-order valence-corrected chi connectivity index (χ4v) is 4.62. The molecule has 2 nitrogen and oxygen atoms in total. The highest BCUT2D eigenvalue weighted by molar-refractivity contribution is 8.00. The molecule has 4 rings (SSSR count). The number of thioether (sulfide) groups is 1. The summed E-state index contributed by atoms with van der Waals surface area (Å²) in [6, 6.07) is 16.4. The van der Waals surface area contributed by atoms with E-state index in [4.69, 9.17) is 16.6 Å². The average Bonchev–Trinajstić information content (AvgIpc) is 3.04.